The quantitative estimate of drug-likeness (QED) is 0.936. The molecule has 1 aliphatic rings. The topological polar surface area (TPSA) is 37.8 Å². The number of halogens is 1. The van der Waals surface area contributed by atoms with E-state index in [1.54, 1.807) is 0 Å². The molecule has 0 saturated carbocycles. The van der Waals surface area contributed by atoms with E-state index in [1.165, 1.54) is 24.0 Å². The monoisotopic (exact) mass is 315 g/mol. The molecule has 0 radical (unpaired) electrons. The van der Waals surface area contributed by atoms with Crippen LogP contribution in [0.3, 0.4) is 0 Å². The normalized spacial score (nSPS) is 18.4. The van der Waals surface area contributed by atoms with E-state index >= 15 is 0 Å². The van der Waals surface area contributed by atoms with Crippen LogP contribution in [0.15, 0.2) is 24.3 Å². The Labute approximate surface area is 137 Å². The van der Waals surface area contributed by atoms with E-state index in [1.807, 2.05) is 24.3 Å². The van der Waals surface area contributed by atoms with Crippen molar-refractivity contribution in [3.8, 4) is 0 Å². The molecule has 3 nitrogen and oxygen atoms in total. The van der Waals surface area contributed by atoms with Gasteiger partial charge in [0.2, 0.25) is 0 Å². The number of rotatable bonds is 3. The zero-order chi connectivity index (χ0) is 15.5. The largest absolute Gasteiger partial charge is 0.316 e. The number of benzene rings is 1. The molecule has 0 bridgehead atoms. The summed E-state index contributed by atoms with van der Waals surface area (Å²) in [5.41, 5.74) is 4.79. The number of aryl methyl sites for hydroxylation is 2. The first-order chi connectivity index (χ1) is 10.6. The molecule has 1 aromatic carbocycles. The Morgan fingerprint density at radius 3 is 2.41 bits per heavy atom. The van der Waals surface area contributed by atoms with E-state index < -0.39 is 0 Å². The fourth-order valence-electron chi connectivity index (χ4n) is 3.35. The van der Waals surface area contributed by atoms with Crippen molar-refractivity contribution in [3.05, 3.63) is 57.6 Å². The van der Waals surface area contributed by atoms with Crippen LogP contribution in [0.5, 0.6) is 0 Å². The van der Waals surface area contributed by atoms with Crippen LogP contribution in [-0.4, -0.2) is 23.1 Å². The van der Waals surface area contributed by atoms with E-state index in [0.29, 0.717) is 5.92 Å². The highest BCUT2D eigenvalue weighted by atomic mass is 35.5. The first-order valence-electron chi connectivity index (χ1n) is 7.92. The van der Waals surface area contributed by atoms with Crippen LogP contribution in [0.25, 0.3) is 0 Å². The van der Waals surface area contributed by atoms with Crippen molar-refractivity contribution >= 4 is 11.6 Å². The summed E-state index contributed by atoms with van der Waals surface area (Å²) in [4.78, 5) is 9.51. The summed E-state index contributed by atoms with van der Waals surface area (Å²) in [5.74, 6) is 1.45. The highest BCUT2D eigenvalue weighted by Crippen LogP contribution is 2.27. The van der Waals surface area contributed by atoms with Gasteiger partial charge in [-0.05, 0) is 62.4 Å². The SMILES string of the molecule is Cc1nc(Cc2ccc(Cl)cc2)nc(C)c1C1CCCNC1. The van der Waals surface area contributed by atoms with Crippen LogP contribution >= 0.6 is 11.6 Å². The molecule has 0 aliphatic carbocycles. The summed E-state index contributed by atoms with van der Waals surface area (Å²) in [5, 5.41) is 4.24. The minimum absolute atomic E-state index is 0.554. The predicted octanol–water partition coefficient (Wildman–Crippen LogP) is 3.80. The number of nitrogens with zero attached hydrogens (tertiary/aromatic N) is 2. The van der Waals surface area contributed by atoms with Crippen LogP contribution in [0.1, 0.15) is 47.1 Å². The van der Waals surface area contributed by atoms with Gasteiger partial charge in [-0.3, -0.25) is 0 Å². The molecule has 3 rings (SSSR count). The number of nitrogens with one attached hydrogen (secondary N) is 1. The fraction of sp³-hybridized carbons (Fsp3) is 0.444. The Morgan fingerprint density at radius 1 is 1.14 bits per heavy atom. The van der Waals surface area contributed by atoms with Gasteiger partial charge < -0.3 is 5.32 Å². The summed E-state index contributed by atoms with van der Waals surface area (Å²) < 4.78 is 0. The van der Waals surface area contributed by atoms with Gasteiger partial charge in [-0.15, -0.1) is 0 Å². The molecule has 2 heterocycles. The maximum Gasteiger partial charge on any atom is 0.133 e. The molecule has 22 heavy (non-hydrogen) atoms. The van der Waals surface area contributed by atoms with Crippen molar-refractivity contribution in [1.82, 2.24) is 15.3 Å². The molecule has 1 N–H and O–H groups in total. The molecule has 1 atom stereocenters. The molecule has 0 amide bonds. The summed E-state index contributed by atoms with van der Waals surface area (Å²) in [7, 11) is 0. The lowest BCUT2D eigenvalue weighted by Gasteiger charge is -2.25. The summed E-state index contributed by atoms with van der Waals surface area (Å²) in [6.45, 7) is 6.40. The standard InChI is InChI=1S/C18H22ClN3/c1-12-18(15-4-3-9-20-11-15)13(2)22-17(21-12)10-14-5-7-16(19)8-6-14/h5-8,15,20H,3-4,9-11H2,1-2H3. The number of hydrogen-bond acceptors (Lipinski definition) is 3. The van der Waals surface area contributed by atoms with Gasteiger partial charge in [0.1, 0.15) is 5.82 Å². The second-order valence-electron chi connectivity index (χ2n) is 6.07. The van der Waals surface area contributed by atoms with Crippen LogP contribution in [-0.2, 0) is 6.42 Å². The summed E-state index contributed by atoms with van der Waals surface area (Å²) in [6, 6.07) is 7.90. The third-order valence-electron chi connectivity index (χ3n) is 4.35. The highest BCUT2D eigenvalue weighted by Gasteiger charge is 2.21. The summed E-state index contributed by atoms with van der Waals surface area (Å²) >= 11 is 5.93. The molecule has 1 aromatic heterocycles. The van der Waals surface area contributed by atoms with E-state index in [0.717, 1.165) is 41.7 Å². The second kappa shape index (κ2) is 6.76. The Kier molecular flexibility index (Phi) is 4.74. The van der Waals surface area contributed by atoms with Gasteiger partial charge in [-0.2, -0.15) is 0 Å². The number of hydrogen-bond donors (Lipinski definition) is 1. The van der Waals surface area contributed by atoms with Gasteiger partial charge in [0, 0.05) is 29.4 Å². The molecule has 2 aromatic rings. The molecule has 4 heteroatoms. The van der Waals surface area contributed by atoms with Gasteiger partial charge in [0.05, 0.1) is 0 Å². The van der Waals surface area contributed by atoms with Gasteiger partial charge in [0.15, 0.2) is 0 Å². The minimum Gasteiger partial charge on any atom is -0.316 e. The lowest BCUT2D eigenvalue weighted by Crippen LogP contribution is -2.29. The molecule has 1 saturated heterocycles. The third kappa shape index (κ3) is 3.47. The van der Waals surface area contributed by atoms with Gasteiger partial charge in [0.25, 0.3) is 0 Å². The number of piperidine rings is 1. The van der Waals surface area contributed by atoms with E-state index in [-0.39, 0.29) is 0 Å². The molecule has 1 unspecified atom stereocenters. The third-order valence-corrected chi connectivity index (χ3v) is 4.61. The van der Waals surface area contributed by atoms with Crippen molar-refractivity contribution < 1.29 is 0 Å². The second-order valence-corrected chi connectivity index (χ2v) is 6.51. The first-order valence-corrected chi connectivity index (χ1v) is 8.30. The van der Waals surface area contributed by atoms with Gasteiger partial charge in [-0.1, -0.05) is 23.7 Å². The molecular weight excluding hydrogens is 294 g/mol. The lowest BCUT2D eigenvalue weighted by molar-refractivity contribution is 0.456. The maximum atomic E-state index is 5.93. The van der Waals surface area contributed by atoms with Crippen LogP contribution in [0, 0.1) is 13.8 Å². The van der Waals surface area contributed by atoms with Crippen molar-refractivity contribution in [1.29, 1.82) is 0 Å². The van der Waals surface area contributed by atoms with Crippen molar-refractivity contribution in [2.24, 2.45) is 0 Å². The molecule has 1 fully saturated rings. The Bertz CT molecular complexity index is 623. The number of aromatic nitrogens is 2. The first kappa shape index (κ1) is 15.4. The fourth-order valence-corrected chi connectivity index (χ4v) is 3.47. The lowest BCUT2D eigenvalue weighted by atomic mass is 9.89. The van der Waals surface area contributed by atoms with Crippen molar-refractivity contribution in [3.63, 3.8) is 0 Å². The van der Waals surface area contributed by atoms with E-state index in [4.69, 9.17) is 21.6 Å². The smallest absolute Gasteiger partial charge is 0.133 e. The van der Waals surface area contributed by atoms with E-state index in [2.05, 4.69) is 19.2 Å². The highest BCUT2D eigenvalue weighted by molar-refractivity contribution is 6.30. The maximum absolute atomic E-state index is 5.93. The molecule has 1 aliphatic heterocycles. The zero-order valence-electron chi connectivity index (χ0n) is 13.2. The Hall–Kier alpha value is -1.45. The zero-order valence-corrected chi connectivity index (χ0v) is 14.0. The Balaban J connectivity index is 1.83. The Morgan fingerprint density at radius 2 is 1.82 bits per heavy atom. The average Bonchev–Trinajstić information content (AvgIpc) is 2.50. The molecule has 0 spiro atoms. The van der Waals surface area contributed by atoms with Crippen LogP contribution < -0.4 is 5.32 Å². The van der Waals surface area contributed by atoms with Crippen molar-refractivity contribution in [2.75, 3.05) is 13.1 Å². The summed E-state index contributed by atoms with van der Waals surface area (Å²) in [6.07, 6.45) is 3.21. The van der Waals surface area contributed by atoms with Crippen LogP contribution in [0.4, 0.5) is 0 Å². The van der Waals surface area contributed by atoms with Crippen LogP contribution in [0.2, 0.25) is 5.02 Å². The predicted molar refractivity (Wildman–Crippen MR) is 90.6 cm³/mol. The molecule has 116 valence electrons. The van der Waals surface area contributed by atoms with Gasteiger partial charge in [-0.25, -0.2) is 9.97 Å². The molecular formula is C18H22ClN3. The average molecular weight is 316 g/mol. The van der Waals surface area contributed by atoms with E-state index in [9.17, 15) is 0 Å². The van der Waals surface area contributed by atoms with Crippen molar-refractivity contribution in [2.45, 2.75) is 39.0 Å². The van der Waals surface area contributed by atoms with Gasteiger partial charge >= 0.3 is 0 Å². The minimum atomic E-state index is 0.554.